The van der Waals surface area contributed by atoms with Gasteiger partial charge in [-0.1, -0.05) is 38.0 Å². The Hall–Kier alpha value is -9.17. The van der Waals surface area contributed by atoms with Crippen LogP contribution in [0.1, 0.15) is 47.8 Å². The highest BCUT2D eigenvalue weighted by Gasteiger charge is 2.33. The SMILES string of the molecule is C#CCN1C(=O)COc2cc(F)c(N=c3snc4n3CC(C)(C)C4)cc21.COc1cc(OC)nc(NC(=O)NS(=O)(=O)c2ncccc2C(=O)N(C)C)n1.COc1nc(C)nc(NC(=O)NS(=O)(=O)c2ccccc2CCC(F)(F)F)n1.C[S+](C)C.O=C(O)CNCP(=O)([O-])O. The van der Waals surface area contributed by atoms with E-state index in [4.69, 9.17) is 35.4 Å². The highest BCUT2D eigenvalue weighted by Crippen LogP contribution is 2.38. The van der Waals surface area contributed by atoms with Crippen LogP contribution in [0.25, 0.3) is 0 Å². The highest BCUT2D eigenvalue weighted by atomic mass is 32.2. The molecular weight excluding hydrogens is 1380 g/mol. The predicted molar refractivity (Wildman–Crippen MR) is 339 cm³/mol. The number of ether oxygens (including phenoxy) is 4. The summed E-state index contributed by atoms with van der Waals surface area (Å²) in [7, 11) is -5.70. The first kappa shape index (κ1) is 79.3. The molecule has 7 N–H and O–H groups in total. The molecule has 2 aromatic carbocycles. The number of aliphatic carboxylic acids is 1. The number of alkyl halides is 3. The van der Waals surface area contributed by atoms with Crippen molar-refractivity contribution in [2.75, 3.05) is 95.7 Å². The van der Waals surface area contributed by atoms with Gasteiger partial charge < -0.3 is 47.9 Å². The quantitative estimate of drug-likeness (QED) is 0.0281. The van der Waals surface area contributed by atoms with Gasteiger partial charge in [0.05, 0.1) is 81.7 Å². The Morgan fingerprint density at radius 1 is 0.927 bits per heavy atom. The molecule has 8 rings (SSSR count). The molecule has 1 unspecified atom stereocenters. The molecule has 42 heteroatoms. The van der Waals surface area contributed by atoms with Crippen LogP contribution in [0.2, 0.25) is 0 Å². The lowest BCUT2D eigenvalue weighted by atomic mass is 9.92. The molecule has 0 fully saturated rings. The molecule has 0 aliphatic carbocycles. The molecule has 4 aromatic heterocycles. The normalized spacial score (nSPS) is 13.6. The van der Waals surface area contributed by atoms with E-state index in [1.54, 1.807) is 9.44 Å². The van der Waals surface area contributed by atoms with E-state index < -0.39 is 99.2 Å². The number of urea groups is 2. The average molecular weight is 1450 g/mol. The van der Waals surface area contributed by atoms with Crippen LogP contribution in [0.3, 0.4) is 0 Å². The third kappa shape index (κ3) is 25.5. The number of sulfonamides is 2. The molecule has 0 spiro atoms. The number of anilines is 3. The first-order valence-electron chi connectivity index (χ1n) is 27.2. The van der Waals surface area contributed by atoms with Gasteiger partial charge in [-0.15, -0.1) is 6.42 Å². The zero-order valence-electron chi connectivity index (χ0n) is 53.0. The fourth-order valence-electron chi connectivity index (χ4n) is 7.68. The number of carboxylic acid groups (broad SMARTS) is 1. The molecule has 2 aliphatic rings. The Labute approximate surface area is 554 Å². The Morgan fingerprint density at radius 3 is 2.09 bits per heavy atom. The number of carbonyl (C=O) groups is 5. The van der Waals surface area contributed by atoms with Gasteiger partial charge in [0.15, 0.2) is 17.5 Å². The number of aromatic nitrogens is 8. The van der Waals surface area contributed by atoms with Gasteiger partial charge >= 0.3 is 30.2 Å². The van der Waals surface area contributed by atoms with Crippen LogP contribution in [0, 0.1) is 30.5 Å². The summed E-state index contributed by atoms with van der Waals surface area (Å²) in [4.78, 5) is 106. The van der Waals surface area contributed by atoms with Crippen LogP contribution in [0.15, 0.2) is 75.7 Å². The number of halogens is 4. The minimum absolute atomic E-state index is 0.0715. The molecule has 2 aliphatic heterocycles. The smallest absolute Gasteiger partial charge is 0.389 e. The Balaban J connectivity index is 0.000000278. The monoisotopic (exact) mass is 1450 g/mol. The van der Waals surface area contributed by atoms with Crippen LogP contribution in [-0.4, -0.2) is 187 Å². The molecule has 0 saturated heterocycles. The number of nitrogens with zero attached hydrogens (tertiary/aromatic N) is 11. The zero-order chi connectivity index (χ0) is 72.1. The van der Waals surface area contributed by atoms with Crippen molar-refractivity contribution in [1.29, 1.82) is 0 Å². The number of nitrogens with one attached hydrogen (secondary N) is 5. The number of hydrogen-bond donors (Lipinski definition) is 7. The van der Waals surface area contributed by atoms with Gasteiger partial charge in [-0.05, 0) is 59.5 Å². The van der Waals surface area contributed by atoms with Crippen molar-refractivity contribution in [3.63, 3.8) is 0 Å². The summed E-state index contributed by atoms with van der Waals surface area (Å²) in [6, 6.07) is 9.47. The lowest BCUT2D eigenvalue weighted by molar-refractivity contribution is -0.193. The molecule has 6 heterocycles. The van der Waals surface area contributed by atoms with Gasteiger partial charge in [0.2, 0.25) is 28.5 Å². The lowest BCUT2D eigenvalue weighted by Gasteiger charge is -2.28. The van der Waals surface area contributed by atoms with Gasteiger partial charge in [-0.25, -0.2) is 41.8 Å². The number of methoxy groups -OCH3 is 3. The van der Waals surface area contributed by atoms with E-state index in [0.29, 0.717) is 27.1 Å². The third-order valence-corrected chi connectivity index (χ3v) is 15.7. The second-order valence-corrected chi connectivity index (χ2v) is 28.9. The van der Waals surface area contributed by atoms with Crippen LogP contribution in [-0.2, 0) is 64.5 Å². The number of terminal acetylenes is 1. The molecule has 1 atom stereocenters. The third-order valence-electron chi connectivity index (χ3n) is 11.5. The van der Waals surface area contributed by atoms with Crippen molar-refractivity contribution >= 4 is 103 Å². The first-order chi connectivity index (χ1) is 44.7. The molecule has 0 saturated carbocycles. The Morgan fingerprint density at radius 2 is 1.53 bits per heavy atom. The van der Waals surface area contributed by atoms with E-state index in [9.17, 15) is 67.8 Å². The van der Waals surface area contributed by atoms with Crippen molar-refractivity contribution in [3.05, 3.63) is 94.2 Å². The van der Waals surface area contributed by atoms with Gasteiger partial charge in [0.1, 0.15) is 30.7 Å². The van der Waals surface area contributed by atoms with Crippen molar-refractivity contribution < 1.29 is 96.8 Å². The second kappa shape index (κ2) is 35.0. The first-order valence-corrected chi connectivity index (χ1v) is 35.1. The molecule has 0 bridgehead atoms. The Kier molecular flexibility index (Phi) is 28.9. The minimum atomic E-state index is -4.46. The van der Waals surface area contributed by atoms with E-state index in [1.807, 2.05) is 9.88 Å². The standard InChI is InChI=1S/C18H17FN4O2S.C15H16F3N5O4S.C15H18N6O6S.C3H8NO5P.C3H9S/c1-4-5-22-13-7-12(11(19)6-14(13)25-9-16(22)24)20-17-23-10-18(2,3)8-15(23)21-26-17;1-9-19-12(22-14(20-9)27-2)21-13(24)23-28(25,26)11-6-4-3-5-10(11)7-8-15(16,17)18;1-21(2)13(22)9-6-5-7-16-12(9)28(24,25)20-15(23)19-14-17-10(26-3)8-11(18-14)27-4;5-3(6)1-4-2-10(7,8)9;1-4(2)3/h1,6-7H,5,8-10H2,2-3H3;3-6H,7-8H2,1-2H3,(H2,19,20,21,22,23,24);5-8H,1-4H3,(H2,17,18,19,20,23);4H,1-2H2,(H,5,6)(H2,7,8,9);1-3H3/q;;;;+1/p-1. The van der Waals surface area contributed by atoms with E-state index in [-0.39, 0.29) is 76.8 Å². The largest absolute Gasteiger partial charge is 0.778 e. The molecule has 522 valence electrons. The van der Waals surface area contributed by atoms with Crippen molar-refractivity contribution in [1.82, 2.24) is 58.5 Å². The zero-order valence-corrected chi connectivity index (χ0v) is 57.2. The number of carboxylic acids is 1. The number of aryl methyl sites for hydroxylation is 2. The predicted octanol–water partition coefficient (Wildman–Crippen LogP) is 3.21. The maximum Gasteiger partial charge on any atom is 0.389 e. The summed E-state index contributed by atoms with van der Waals surface area (Å²) in [5.74, 6) is 1.04. The summed E-state index contributed by atoms with van der Waals surface area (Å²) in [5, 5.41) is 13.6. The van der Waals surface area contributed by atoms with Gasteiger partial charge in [0.25, 0.3) is 31.9 Å². The van der Waals surface area contributed by atoms with E-state index in [1.165, 1.54) is 118 Å². The van der Waals surface area contributed by atoms with Crippen LogP contribution in [0.5, 0.6) is 23.5 Å². The maximum atomic E-state index is 14.5. The molecular formula is C54H67F4N16O17PS4. The molecule has 33 nitrogen and oxygen atoms in total. The van der Waals surface area contributed by atoms with Gasteiger partial charge in [-0.2, -0.15) is 50.9 Å². The van der Waals surface area contributed by atoms with E-state index >= 15 is 0 Å². The lowest BCUT2D eigenvalue weighted by Crippen LogP contribution is -2.39. The summed E-state index contributed by atoms with van der Waals surface area (Å²) in [5.41, 5.74) is 0.419. The summed E-state index contributed by atoms with van der Waals surface area (Å²) >= 11 is 1.24. The number of carbonyl (C=O) groups excluding carboxylic acids is 4. The molecule has 6 amide bonds. The second-order valence-electron chi connectivity index (χ2n) is 20.9. The number of pyridine rings is 1. The van der Waals surface area contributed by atoms with Crippen LogP contribution < -0.4 is 58.9 Å². The fourth-order valence-corrected chi connectivity index (χ4v) is 11.0. The van der Waals surface area contributed by atoms with Crippen LogP contribution in [0.4, 0.5) is 50.4 Å². The number of amides is 6. The van der Waals surface area contributed by atoms with Gasteiger partial charge in [-0.3, -0.25) is 35.2 Å². The fraction of sp³-hybridized carbons (Fsp3) is 0.389. The average Bonchev–Trinajstić information content (AvgIpc) is 1.79. The van der Waals surface area contributed by atoms with Crippen LogP contribution >= 0.6 is 19.1 Å². The highest BCUT2D eigenvalue weighted by molar-refractivity contribution is 7.94. The number of rotatable bonds is 18. The van der Waals surface area contributed by atoms with Crippen molar-refractivity contribution in [2.24, 2.45) is 10.4 Å². The van der Waals surface area contributed by atoms with Crippen molar-refractivity contribution in [3.8, 4) is 35.9 Å². The Bertz CT molecular complexity index is 4150. The van der Waals surface area contributed by atoms with E-state index in [0.717, 1.165) is 24.9 Å². The number of fused-ring (bicyclic) bond motifs is 2. The maximum absolute atomic E-state index is 14.5. The number of benzene rings is 2. The van der Waals surface area contributed by atoms with E-state index in [2.05, 4.69) is 88.4 Å². The molecule has 6 aromatic rings. The summed E-state index contributed by atoms with van der Waals surface area (Å²) in [6.07, 6.45) is 7.08. The number of hydrogen-bond acceptors (Lipinski definition) is 25. The minimum Gasteiger partial charge on any atom is -0.778 e. The molecule has 0 radical (unpaired) electrons. The summed E-state index contributed by atoms with van der Waals surface area (Å²) in [6.45, 7) is 6.08. The topological polar surface area (TPSA) is 445 Å². The van der Waals surface area contributed by atoms with Gasteiger partial charge in [0, 0.05) is 57.3 Å². The molecule has 96 heavy (non-hydrogen) atoms. The van der Waals surface area contributed by atoms with Crippen molar-refractivity contribution in [2.45, 2.75) is 62.7 Å². The summed E-state index contributed by atoms with van der Waals surface area (Å²) < 4.78 is 142.